The smallest absolute Gasteiger partial charge is 0.0401 e. The molecule has 1 fully saturated rings. The average Bonchev–Trinajstić information content (AvgIpc) is 2.47. The third kappa shape index (κ3) is 2.69. The molecule has 3 rings (SSSR count). The van der Waals surface area contributed by atoms with Gasteiger partial charge in [-0.3, -0.25) is 4.98 Å². The third-order valence-corrected chi connectivity index (χ3v) is 3.76. The molecule has 0 aliphatic carbocycles. The SMILES string of the molecule is Cc1cc(N2CCN(c3cccc(N)c3)CC2)ccn1. The molecule has 4 heteroatoms. The predicted octanol–water partition coefficient (Wildman–Crippen LogP) is 2.30. The van der Waals surface area contributed by atoms with Crippen LogP contribution in [0.5, 0.6) is 0 Å². The van der Waals surface area contributed by atoms with Gasteiger partial charge in [0.05, 0.1) is 0 Å². The Morgan fingerprint density at radius 1 is 0.950 bits per heavy atom. The maximum Gasteiger partial charge on any atom is 0.0401 e. The van der Waals surface area contributed by atoms with Gasteiger partial charge >= 0.3 is 0 Å². The molecular weight excluding hydrogens is 248 g/mol. The van der Waals surface area contributed by atoms with Crippen LogP contribution in [0.4, 0.5) is 17.1 Å². The lowest BCUT2D eigenvalue weighted by Crippen LogP contribution is -2.46. The number of hydrogen-bond acceptors (Lipinski definition) is 4. The second-order valence-corrected chi connectivity index (χ2v) is 5.22. The zero-order chi connectivity index (χ0) is 13.9. The van der Waals surface area contributed by atoms with Gasteiger partial charge < -0.3 is 15.5 Å². The van der Waals surface area contributed by atoms with E-state index in [1.165, 1.54) is 11.4 Å². The quantitative estimate of drug-likeness (QED) is 0.849. The van der Waals surface area contributed by atoms with Crippen molar-refractivity contribution in [2.75, 3.05) is 41.7 Å². The monoisotopic (exact) mass is 268 g/mol. The fourth-order valence-corrected chi connectivity index (χ4v) is 2.67. The summed E-state index contributed by atoms with van der Waals surface area (Å²) in [5.41, 5.74) is 10.2. The van der Waals surface area contributed by atoms with Gasteiger partial charge in [-0.15, -0.1) is 0 Å². The molecule has 20 heavy (non-hydrogen) atoms. The Morgan fingerprint density at radius 3 is 2.20 bits per heavy atom. The zero-order valence-corrected chi connectivity index (χ0v) is 11.8. The van der Waals surface area contributed by atoms with Crippen molar-refractivity contribution in [2.24, 2.45) is 0 Å². The molecule has 1 aromatic carbocycles. The predicted molar refractivity (Wildman–Crippen MR) is 84.3 cm³/mol. The van der Waals surface area contributed by atoms with Crippen molar-refractivity contribution in [3.05, 3.63) is 48.3 Å². The van der Waals surface area contributed by atoms with Crippen LogP contribution in [-0.2, 0) is 0 Å². The lowest BCUT2D eigenvalue weighted by molar-refractivity contribution is 0.653. The molecule has 2 N–H and O–H groups in total. The lowest BCUT2D eigenvalue weighted by atomic mass is 10.2. The molecule has 1 aliphatic rings. The van der Waals surface area contributed by atoms with Crippen LogP contribution in [0.25, 0.3) is 0 Å². The molecule has 0 amide bonds. The number of nitrogens with two attached hydrogens (primary N) is 1. The van der Waals surface area contributed by atoms with E-state index in [0.717, 1.165) is 37.6 Å². The number of hydrogen-bond donors (Lipinski definition) is 1. The minimum atomic E-state index is 0.828. The highest BCUT2D eigenvalue weighted by atomic mass is 15.3. The van der Waals surface area contributed by atoms with E-state index in [4.69, 9.17) is 5.73 Å². The maximum atomic E-state index is 5.86. The number of rotatable bonds is 2. The first-order valence-electron chi connectivity index (χ1n) is 7.00. The Labute approximate surface area is 119 Å². The van der Waals surface area contributed by atoms with Crippen molar-refractivity contribution in [2.45, 2.75) is 6.92 Å². The average molecular weight is 268 g/mol. The van der Waals surface area contributed by atoms with Gasteiger partial charge in [0.25, 0.3) is 0 Å². The van der Waals surface area contributed by atoms with Gasteiger partial charge in [-0.25, -0.2) is 0 Å². The highest BCUT2D eigenvalue weighted by Gasteiger charge is 2.17. The molecule has 0 radical (unpaired) electrons. The number of pyridine rings is 1. The second kappa shape index (κ2) is 5.41. The van der Waals surface area contributed by atoms with E-state index in [0.29, 0.717) is 0 Å². The molecule has 0 unspecified atom stereocenters. The van der Waals surface area contributed by atoms with Gasteiger partial charge in [-0.05, 0) is 37.3 Å². The van der Waals surface area contributed by atoms with Crippen molar-refractivity contribution in [1.82, 2.24) is 4.98 Å². The first-order chi connectivity index (χ1) is 9.72. The Bertz CT molecular complexity index is 535. The van der Waals surface area contributed by atoms with Gasteiger partial charge in [-0.1, -0.05) is 6.07 Å². The molecule has 0 bridgehead atoms. The standard InChI is InChI=1S/C16H20N4/c1-13-11-16(5-6-18-13)20-9-7-19(8-10-20)15-4-2-3-14(17)12-15/h2-6,11-12H,7-10,17H2,1H3. The van der Waals surface area contributed by atoms with Gasteiger partial charge in [0, 0.05) is 55.1 Å². The Hall–Kier alpha value is -2.23. The number of aryl methyl sites for hydroxylation is 1. The summed E-state index contributed by atoms with van der Waals surface area (Å²) in [6.45, 7) is 6.12. The molecule has 0 atom stereocenters. The molecule has 1 aliphatic heterocycles. The summed E-state index contributed by atoms with van der Waals surface area (Å²) in [7, 11) is 0. The summed E-state index contributed by atoms with van der Waals surface area (Å²) >= 11 is 0. The van der Waals surface area contributed by atoms with Crippen molar-refractivity contribution < 1.29 is 0 Å². The highest BCUT2D eigenvalue weighted by molar-refractivity contribution is 5.57. The number of anilines is 3. The summed E-state index contributed by atoms with van der Waals surface area (Å²) < 4.78 is 0. The summed E-state index contributed by atoms with van der Waals surface area (Å²) in [5, 5.41) is 0. The molecule has 2 aromatic rings. The van der Waals surface area contributed by atoms with Crippen LogP contribution in [-0.4, -0.2) is 31.2 Å². The molecule has 1 saturated heterocycles. The van der Waals surface area contributed by atoms with E-state index >= 15 is 0 Å². The minimum absolute atomic E-state index is 0.828. The Kier molecular flexibility index (Phi) is 3.46. The van der Waals surface area contributed by atoms with Gasteiger partial charge in [0.1, 0.15) is 0 Å². The summed E-state index contributed by atoms with van der Waals surface area (Å²) in [4.78, 5) is 9.06. The first-order valence-corrected chi connectivity index (χ1v) is 7.00. The van der Waals surface area contributed by atoms with E-state index in [2.05, 4.69) is 33.0 Å². The number of benzene rings is 1. The van der Waals surface area contributed by atoms with Crippen molar-refractivity contribution >= 4 is 17.1 Å². The van der Waals surface area contributed by atoms with Gasteiger partial charge in [0.2, 0.25) is 0 Å². The number of nitrogens with zero attached hydrogens (tertiary/aromatic N) is 3. The van der Waals surface area contributed by atoms with Crippen molar-refractivity contribution in [3.8, 4) is 0 Å². The maximum absolute atomic E-state index is 5.86. The van der Waals surface area contributed by atoms with Crippen LogP contribution >= 0.6 is 0 Å². The lowest BCUT2D eigenvalue weighted by Gasteiger charge is -2.37. The second-order valence-electron chi connectivity index (χ2n) is 5.22. The first kappa shape index (κ1) is 12.8. The Balaban J connectivity index is 1.68. The molecule has 4 nitrogen and oxygen atoms in total. The van der Waals surface area contributed by atoms with Crippen molar-refractivity contribution in [3.63, 3.8) is 0 Å². The van der Waals surface area contributed by atoms with Crippen LogP contribution in [0.1, 0.15) is 5.69 Å². The molecule has 1 aromatic heterocycles. The van der Waals surface area contributed by atoms with E-state index in [-0.39, 0.29) is 0 Å². The van der Waals surface area contributed by atoms with E-state index in [1.54, 1.807) is 0 Å². The summed E-state index contributed by atoms with van der Waals surface area (Å²) in [5.74, 6) is 0. The van der Waals surface area contributed by atoms with Crippen LogP contribution in [0.3, 0.4) is 0 Å². The van der Waals surface area contributed by atoms with Crippen LogP contribution in [0.2, 0.25) is 0 Å². The van der Waals surface area contributed by atoms with E-state index in [1.807, 2.05) is 31.3 Å². The fraction of sp³-hybridized carbons (Fsp3) is 0.312. The molecular formula is C16H20N4. The zero-order valence-electron chi connectivity index (χ0n) is 11.8. The van der Waals surface area contributed by atoms with Gasteiger partial charge in [0.15, 0.2) is 0 Å². The highest BCUT2D eigenvalue weighted by Crippen LogP contribution is 2.22. The molecule has 0 spiro atoms. The minimum Gasteiger partial charge on any atom is -0.399 e. The van der Waals surface area contributed by atoms with E-state index in [9.17, 15) is 0 Å². The Morgan fingerprint density at radius 2 is 1.60 bits per heavy atom. The number of aromatic nitrogens is 1. The van der Waals surface area contributed by atoms with Crippen LogP contribution < -0.4 is 15.5 Å². The number of piperazine rings is 1. The molecule has 2 heterocycles. The van der Waals surface area contributed by atoms with Gasteiger partial charge in [-0.2, -0.15) is 0 Å². The largest absolute Gasteiger partial charge is 0.399 e. The van der Waals surface area contributed by atoms with Crippen LogP contribution in [0.15, 0.2) is 42.6 Å². The van der Waals surface area contributed by atoms with Crippen molar-refractivity contribution in [1.29, 1.82) is 0 Å². The summed E-state index contributed by atoms with van der Waals surface area (Å²) in [6.07, 6.45) is 1.88. The molecule has 0 saturated carbocycles. The van der Waals surface area contributed by atoms with Crippen LogP contribution in [0, 0.1) is 6.92 Å². The normalized spacial score (nSPS) is 15.4. The summed E-state index contributed by atoms with van der Waals surface area (Å²) in [6, 6.07) is 12.4. The third-order valence-electron chi connectivity index (χ3n) is 3.76. The number of nitrogen functional groups attached to an aromatic ring is 1. The fourth-order valence-electron chi connectivity index (χ4n) is 2.67. The van der Waals surface area contributed by atoms with E-state index < -0.39 is 0 Å². The molecule has 104 valence electrons. The topological polar surface area (TPSA) is 45.4 Å².